The zero-order valence-electron chi connectivity index (χ0n) is 16.5. The fourth-order valence-corrected chi connectivity index (χ4v) is 6.98. The Kier molecular flexibility index (Phi) is 6.58. The number of nitrogens with one attached hydrogen (secondary N) is 1. The normalized spacial score (nSPS) is 16.3. The van der Waals surface area contributed by atoms with E-state index in [0.717, 1.165) is 36.2 Å². The minimum absolute atomic E-state index is 0.158. The number of esters is 1. The van der Waals surface area contributed by atoms with Crippen LogP contribution in [0, 0.1) is 5.16 Å². The van der Waals surface area contributed by atoms with E-state index in [9.17, 15) is 9.96 Å². The van der Waals surface area contributed by atoms with Crippen molar-refractivity contribution in [3.05, 3.63) is 72.1 Å². The van der Waals surface area contributed by atoms with E-state index in [2.05, 4.69) is 15.4 Å². The molecule has 0 aliphatic carbocycles. The second kappa shape index (κ2) is 9.11. The molecule has 1 heterocycles. The van der Waals surface area contributed by atoms with E-state index in [1.165, 1.54) is 0 Å². The van der Waals surface area contributed by atoms with Gasteiger partial charge in [0.25, 0.3) is 0 Å². The molecular formula is C22H28N3O2P. The third-order valence-electron chi connectivity index (χ3n) is 4.80. The highest BCUT2D eigenvalue weighted by atomic mass is 31.2. The molecule has 5 nitrogen and oxygen atoms in total. The van der Waals surface area contributed by atoms with Crippen LogP contribution in [0.5, 0.6) is 0 Å². The Hall–Kier alpha value is -2.52. The van der Waals surface area contributed by atoms with Crippen molar-refractivity contribution in [2.45, 2.75) is 26.7 Å². The van der Waals surface area contributed by atoms with Crippen molar-refractivity contribution in [2.75, 3.05) is 29.0 Å². The van der Waals surface area contributed by atoms with Crippen LogP contribution < -0.4 is 9.34 Å². The van der Waals surface area contributed by atoms with Crippen LogP contribution in [-0.4, -0.2) is 25.7 Å². The lowest BCUT2D eigenvalue weighted by Gasteiger charge is -2.38. The molecule has 1 aliphatic heterocycles. The lowest BCUT2D eigenvalue weighted by atomic mass is 10.3. The molecule has 0 saturated carbocycles. The number of para-hydroxylation sites is 2. The van der Waals surface area contributed by atoms with Crippen LogP contribution in [0.4, 0.5) is 11.4 Å². The summed E-state index contributed by atoms with van der Waals surface area (Å²) in [6.45, 7) is 5.72. The molecular weight excluding hydrogens is 369 g/mol. The Balaban J connectivity index is 2.09. The Bertz CT molecular complexity index is 816. The second-order valence-electron chi connectivity index (χ2n) is 6.60. The lowest BCUT2D eigenvalue weighted by molar-refractivity contribution is -0.142. The summed E-state index contributed by atoms with van der Waals surface area (Å²) in [5.41, 5.74) is 2.05. The highest BCUT2D eigenvalue weighted by molar-refractivity contribution is 7.72. The number of carbonyl (C=O) groups is 1. The number of hydrogen-bond donors (Lipinski definition) is 1. The number of hydrogen-bond acceptors (Lipinski definition) is 3. The van der Waals surface area contributed by atoms with Gasteiger partial charge < -0.3 is 14.1 Å². The Morgan fingerprint density at radius 3 is 1.93 bits per heavy atom. The molecule has 2 aromatic rings. The van der Waals surface area contributed by atoms with E-state index >= 15 is 0 Å². The van der Waals surface area contributed by atoms with Crippen LogP contribution in [0.3, 0.4) is 0 Å². The molecule has 3 rings (SSSR count). The SMILES string of the molecule is CC/C=C(/CC(=O)OCC)P1(=N)N(c2ccccc2)CCN1c1ccccc1. The second-order valence-corrected chi connectivity index (χ2v) is 9.35. The fraction of sp³-hybridized carbons (Fsp3) is 0.318. The van der Waals surface area contributed by atoms with Gasteiger partial charge >= 0.3 is 5.97 Å². The van der Waals surface area contributed by atoms with E-state index in [-0.39, 0.29) is 12.4 Å². The molecule has 1 aliphatic rings. The first kappa shape index (κ1) is 20.2. The standard InChI is InChI=1S/C22H28N3O2P/c1-3-11-21(18-22(26)27-4-2)28(23)24(19-12-7-5-8-13-19)16-17-25(28)20-14-9-6-10-15-20/h5-15,23H,3-4,16-18H2,1-2H3/b21-11-. The summed E-state index contributed by atoms with van der Waals surface area (Å²) in [4.78, 5) is 12.3. The first-order valence-electron chi connectivity index (χ1n) is 9.76. The van der Waals surface area contributed by atoms with E-state index < -0.39 is 7.36 Å². The average Bonchev–Trinajstić information content (AvgIpc) is 3.07. The Morgan fingerprint density at radius 2 is 1.50 bits per heavy atom. The number of carbonyl (C=O) groups excluding carboxylic acids is 1. The van der Waals surface area contributed by atoms with Crippen molar-refractivity contribution in [2.24, 2.45) is 0 Å². The summed E-state index contributed by atoms with van der Waals surface area (Å²) in [7, 11) is -2.71. The van der Waals surface area contributed by atoms with Crippen molar-refractivity contribution in [3.63, 3.8) is 0 Å². The van der Waals surface area contributed by atoms with Gasteiger partial charge in [-0.25, -0.2) is 0 Å². The number of nitrogens with zero attached hydrogens (tertiary/aromatic N) is 2. The topological polar surface area (TPSA) is 56.6 Å². The van der Waals surface area contributed by atoms with Gasteiger partial charge in [0, 0.05) is 29.8 Å². The van der Waals surface area contributed by atoms with Crippen LogP contribution in [0.25, 0.3) is 0 Å². The van der Waals surface area contributed by atoms with E-state index in [1.54, 1.807) is 0 Å². The summed E-state index contributed by atoms with van der Waals surface area (Å²) >= 11 is 0. The summed E-state index contributed by atoms with van der Waals surface area (Å²) in [5.74, 6) is -0.262. The van der Waals surface area contributed by atoms with Crippen LogP contribution in [-0.2, 0) is 9.53 Å². The summed E-state index contributed by atoms with van der Waals surface area (Å²) < 4.78 is 9.59. The van der Waals surface area contributed by atoms with Crippen molar-refractivity contribution in [1.29, 1.82) is 5.16 Å². The maximum Gasteiger partial charge on any atom is 0.310 e. The molecule has 0 unspecified atom stereocenters. The smallest absolute Gasteiger partial charge is 0.310 e. The number of anilines is 2. The third-order valence-corrected chi connectivity index (χ3v) is 8.20. The van der Waals surface area contributed by atoms with Gasteiger partial charge in [0.2, 0.25) is 0 Å². The number of allylic oxidation sites excluding steroid dienone is 1. The number of rotatable bonds is 7. The van der Waals surface area contributed by atoms with Crippen LogP contribution in [0.1, 0.15) is 26.7 Å². The number of benzene rings is 2. The van der Waals surface area contributed by atoms with Crippen LogP contribution in [0.2, 0.25) is 0 Å². The molecule has 0 bridgehead atoms. The Morgan fingerprint density at radius 1 is 1.00 bits per heavy atom. The molecule has 1 saturated heterocycles. The summed E-state index contributed by atoms with van der Waals surface area (Å²) in [6, 6.07) is 20.2. The molecule has 0 spiro atoms. The molecule has 148 valence electrons. The monoisotopic (exact) mass is 397 g/mol. The van der Waals surface area contributed by atoms with Gasteiger partial charge in [-0.1, -0.05) is 49.4 Å². The minimum atomic E-state index is -2.71. The quantitative estimate of drug-likeness (QED) is 0.469. The first-order chi connectivity index (χ1) is 13.6. The van der Waals surface area contributed by atoms with Crippen LogP contribution >= 0.6 is 7.36 Å². The predicted molar refractivity (Wildman–Crippen MR) is 117 cm³/mol. The lowest BCUT2D eigenvalue weighted by Crippen LogP contribution is -2.21. The highest BCUT2D eigenvalue weighted by Gasteiger charge is 2.42. The maximum atomic E-state index is 12.3. The molecule has 1 fully saturated rings. The fourth-order valence-electron chi connectivity index (χ4n) is 3.62. The molecule has 0 radical (unpaired) electrons. The van der Waals surface area contributed by atoms with Gasteiger partial charge in [-0.2, -0.15) is 0 Å². The first-order valence-corrected chi connectivity index (χ1v) is 11.5. The summed E-state index contributed by atoms with van der Waals surface area (Å²) in [5, 5.41) is 10.6. The molecule has 2 aromatic carbocycles. The Labute approximate surface area is 167 Å². The molecule has 0 amide bonds. The van der Waals surface area contributed by atoms with Gasteiger partial charge in [-0.15, -0.1) is 0 Å². The van der Waals surface area contributed by atoms with Crippen LogP contribution in [0.15, 0.2) is 72.1 Å². The third kappa shape index (κ3) is 4.00. The molecule has 28 heavy (non-hydrogen) atoms. The van der Waals surface area contributed by atoms with Crippen molar-refractivity contribution < 1.29 is 9.53 Å². The van der Waals surface area contributed by atoms with Gasteiger partial charge in [0.15, 0.2) is 7.36 Å². The van der Waals surface area contributed by atoms with Gasteiger partial charge in [-0.05, 0) is 37.6 Å². The summed E-state index contributed by atoms with van der Waals surface area (Å²) in [6.07, 6.45) is 2.99. The van der Waals surface area contributed by atoms with E-state index in [1.807, 2.05) is 74.5 Å². The minimum Gasteiger partial charge on any atom is -0.466 e. The molecule has 0 atom stereocenters. The van der Waals surface area contributed by atoms with E-state index in [0.29, 0.717) is 6.61 Å². The van der Waals surface area contributed by atoms with Crippen molar-refractivity contribution >= 4 is 24.7 Å². The largest absolute Gasteiger partial charge is 0.466 e. The highest BCUT2D eigenvalue weighted by Crippen LogP contribution is 2.67. The van der Waals surface area contributed by atoms with Crippen molar-refractivity contribution in [3.8, 4) is 0 Å². The van der Waals surface area contributed by atoms with Crippen molar-refractivity contribution in [1.82, 2.24) is 0 Å². The van der Waals surface area contributed by atoms with Gasteiger partial charge in [-0.3, -0.25) is 9.96 Å². The zero-order chi connectivity index (χ0) is 20.0. The zero-order valence-corrected chi connectivity index (χ0v) is 17.4. The van der Waals surface area contributed by atoms with E-state index in [4.69, 9.17) is 4.74 Å². The molecule has 0 aromatic heterocycles. The van der Waals surface area contributed by atoms with Gasteiger partial charge in [0.1, 0.15) is 0 Å². The predicted octanol–water partition coefficient (Wildman–Crippen LogP) is 5.87. The van der Waals surface area contributed by atoms with Gasteiger partial charge in [0.05, 0.1) is 13.0 Å². The molecule has 6 heteroatoms. The molecule has 1 N–H and O–H groups in total. The average molecular weight is 397 g/mol. The number of ether oxygens (including phenoxy) is 1. The maximum absolute atomic E-state index is 12.3.